The van der Waals surface area contributed by atoms with E-state index in [1.807, 2.05) is 0 Å². The molecule has 0 unspecified atom stereocenters. The Hall–Kier alpha value is 3.05. The third-order valence-electron chi connectivity index (χ3n) is 0. The van der Waals surface area contributed by atoms with E-state index in [-0.39, 0.29) is 109 Å². The first kappa shape index (κ1) is 63.0. The van der Waals surface area contributed by atoms with Gasteiger partial charge in [0.15, 0.2) is 0 Å². The summed E-state index contributed by atoms with van der Waals surface area (Å²) >= 11 is 0. The second-order valence-electron chi connectivity index (χ2n) is 0. The Bertz CT molecular complexity index is 10.8. The van der Waals surface area contributed by atoms with Gasteiger partial charge in [-0.2, -0.15) is 13.5 Å². The van der Waals surface area contributed by atoms with Crippen LogP contribution < -0.4 is 0 Å². The number of hydrogen-bond acceptors (Lipinski definition) is 0. The zero-order chi connectivity index (χ0) is 0. The molecule has 0 bridgehead atoms. The first-order valence-electron chi connectivity index (χ1n) is 0. The molecule has 0 fully saturated rings. The minimum Gasteiger partial charge on any atom is -0.269 e. The Labute approximate surface area is 107 Å². The minimum atomic E-state index is 0. The standard InChI is InChI=1S/FH.3HI.H2S.V/h4*1H;1H2;. The fourth-order valence-electron chi connectivity index (χ4n) is 0. The molecule has 0 aliphatic carbocycles. The van der Waals surface area contributed by atoms with Crippen LogP contribution in [0.5, 0.6) is 0 Å². The maximum atomic E-state index is 0. The number of rotatable bonds is 0. The van der Waals surface area contributed by atoms with Gasteiger partial charge in [0.1, 0.15) is 0 Å². The van der Waals surface area contributed by atoms with Crippen molar-refractivity contribution in [2.45, 2.75) is 0 Å². The van der Waals surface area contributed by atoms with E-state index in [9.17, 15) is 0 Å². The van der Waals surface area contributed by atoms with Crippen molar-refractivity contribution in [1.29, 1.82) is 0 Å². The van der Waals surface area contributed by atoms with E-state index in [1.165, 1.54) is 0 Å². The molecule has 0 saturated heterocycles. The van der Waals surface area contributed by atoms with Crippen LogP contribution in [0.15, 0.2) is 0 Å². The summed E-state index contributed by atoms with van der Waals surface area (Å²) in [6, 6.07) is 0. The zero-order valence-electron chi connectivity index (χ0n) is 2.58. The van der Waals surface area contributed by atoms with Gasteiger partial charge in [-0.25, -0.2) is 0 Å². The Morgan fingerprint density at radius 2 is 0.667 bits per heavy atom. The van der Waals surface area contributed by atoms with E-state index >= 15 is 0 Å². The summed E-state index contributed by atoms with van der Waals surface area (Å²) in [6.07, 6.45) is 0. The SMILES string of the molecule is F.I.I.I.S.[V]. The van der Waals surface area contributed by atoms with Gasteiger partial charge in [-0.15, -0.1) is 71.9 Å². The van der Waals surface area contributed by atoms with Crippen molar-refractivity contribution >= 4 is 85.4 Å². The summed E-state index contributed by atoms with van der Waals surface area (Å²) < 4.78 is 0. The van der Waals surface area contributed by atoms with Crippen LogP contribution >= 0.6 is 85.4 Å². The molecule has 0 nitrogen and oxygen atoms in total. The first-order chi connectivity index (χ1) is 0. The summed E-state index contributed by atoms with van der Waals surface area (Å²) in [5.74, 6) is 0. The van der Waals surface area contributed by atoms with E-state index in [2.05, 4.69) is 0 Å². The van der Waals surface area contributed by atoms with Crippen LogP contribution in [0.4, 0.5) is 4.70 Å². The van der Waals surface area contributed by atoms with Gasteiger partial charge in [0.25, 0.3) is 0 Å². The average molecular weight is 489 g/mol. The molecule has 0 heterocycles. The van der Waals surface area contributed by atoms with E-state index in [0.29, 0.717) is 0 Å². The Morgan fingerprint density at radius 1 is 0.667 bits per heavy atom. The van der Waals surface area contributed by atoms with Gasteiger partial charge in [0.2, 0.25) is 0 Å². The van der Waals surface area contributed by atoms with Gasteiger partial charge in [-0.05, 0) is 0 Å². The van der Waals surface area contributed by atoms with Crippen molar-refractivity contribution in [3.63, 3.8) is 0 Å². The monoisotopic (exact) mass is 489 g/mol. The van der Waals surface area contributed by atoms with Gasteiger partial charge < -0.3 is 0 Å². The quantitative estimate of drug-likeness (QED) is 0.458. The molecule has 45 valence electrons. The summed E-state index contributed by atoms with van der Waals surface area (Å²) in [5.41, 5.74) is 0. The van der Waals surface area contributed by atoms with Gasteiger partial charge in [-0.3, -0.25) is 4.70 Å². The molecule has 0 spiro atoms. The molecule has 6 heteroatoms. The first-order valence-corrected chi connectivity index (χ1v) is 0. The van der Waals surface area contributed by atoms with Crippen LogP contribution in [0.3, 0.4) is 0 Å². The largest absolute Gasteiger partial charge is 0.269 e. The van der Waals surface area contributed by atoms with Crippen LogP contribution in [0, 0.1) is 0 Å². The Balaban J connectivity index is 0. The molecule has 0 aromatic heterocycles. The Kier molecular flexibility index (Phi) is 451. The predicted octanol–water partition coefficient (Wildman–Crippen LogP) is 2.12. The smallest absolute Gasteiger partial charge is 0 e. The van der Waals surface area contributed by atoms with Crippen molar-refractivity contribution < 1.29 is 23.3 Å². The molecule has 6 heavy (non-hydrogen) atoms. The third kappa shape index (κ3) is 27.7. The normalized spacial score (nSPS) is 0. The maximum Gasteiger partial charge on any atom is 0 e. The van der Waals surface area contributed by atoms with Crippen LogP contribution in [0.1, 0.15) is 0 Å². The second kappa shape index (κ2) is 43.0. The van der Waals surface area contributed by atoms with Crippen LogP contribution in [0.25, 0.3) is 0 Å². The second-order valence-corrected chi connectivity index (χ2v) is 0. The molecule has 1 radical (unpaired) electrons. The average Bonchev–Trinajstić information content (AvgIpc) is 0. The predicted molar refractivity (Wildman–Crippen MR) is 59.1 cm³/mol. The number of halogens is 4. The van der Waals surface area contributed by atoms with Crippen LogP contribution in [-0.4, -0.2) is 0 Å². The zero-order valence-corrected chi connectivity index (χ0v) is 12.0. The summed E-state index contributed by atoms with van der Waals surface area (Å²) in [5, 5.41) is 0. The molecule has 0 aliphatic heterocycles. The van der Waals surface area contributed by atoms with E-state index < -0.39 is 0 Å². The van der Waals surface area contributed by atoms with Crippen molar-refractivity contribution in [2.24, 2.45) is 0 Å². The van der Waals surface area contributed by atoms with E-state index in [4.69, 9.17) is 0 Å². The van der Waals surface area contributed by atoms with Gasteiger partial charge in [0, 0.05) is 18.6 Å². The Morgan fingerprint density at radius 3 is 0.667 bits per heavy atom. The van der Waals surface area contributed by atoms with Crippen molar-refractivity contribution in [3.05, 3.63) is 0 Å². The molecule has 0 amide bonds. The molecule has 0 saturated carbocycles. The number of hydrogen-bond donors (Lipinski definition) is 0. The summed E-state index contributed by atoms with van der Waals surface area (Å²) in [6.45, 7) is 0. The van der Waals surface area contributed by atoms with Gasteiger partial charge >= 0.3 is 0 Å². The molecular formula is H6FI3SV. The van der Waals surface area contributed by atoms with E-state index in [0.717, 1.165) is 0 Å². The summed E-state index contributed by atoms with van der Waals surface area (Å²) in [7, 11) is 0. The molecule has 0 aliphatic rings. The third-order valence-corrected chi connectivity index (χ3v) is 0. The topological polar surface area (TPSA) is 0 Å². The molecular weight excluding hydrogens is 483 g/mol. The maximum absolute atomic E-state index is 0. The minimum absolute atomic E-state index is 0. The fraction of sp³-hybridized carbons (Fsp3) is 0. The molecule has 0 aromatic rings. The van der Waals surface area contributed by atoms with E-state index in [1.54, 1.807) is 0 Å². The summed E-state index contributed by atoms with van der Waals surface area (Å²) in [4.78, 5) is 0. The molecule has 0 N–H and O–H groups in total. The fourth-order valence-corrected chi connectivity index (χ4v) is 0. The van der Waals surface area contributed by atoms with Gasteiger partial charge in [-0.1, -0.05) is 0 Å². The molecule has 0 atom stereocenters. The van der Waals surface area contributed by atoms with Gasteiger partial charge in [0.05, 0.1) is 0 Å². The van der Waals surface area contributed by atoms with Crippen LogP contribution in [0.2, 0.25) is 0 Å². The van der Waals surface area contributed by atoms with Crippen LogP contribution in [-0.2, 0) is 18.6 Å². The van der Waals surface area contributed by atoms with Crippen molar-refractivity contribution in [1.82, 2.24) is 0 Å². The van der Waals surface area contributed by atoms with Crippen molar-refractivity contribution in [3.8, 4) is 0 Å². The van der Waals surface area contributed by atoms with Crippen molar-refractivity contribution in [2.75, 3.05) is 0 Å². The molecule has 0 aromatic carbocycles. The molecule has 0 rings (SSSR count).